The minimum atomic E-state index is 0.567. The number of aryl methyl sites for hydroxylation is 1. The van der Waals surface area contributed by atoms with Crippen molar-refractivity contribution in [2.45, 2.75) is 13.8 Å². The highest BCUT2D eigenvalue weighted by molar-refractivity contribution is 5.57. The normalized spacial score (nSPS) is 14.3. The summed E-state index contributed by atoms with van der Waals surface area (Å²) in [6.45, 7) is 7.55. The molecule has 1 aromatic heterocycles. The third-order valence-corrected chi connectivity index (χ3v) is 4.05. The highest BCUT2D eigenvalue weighted by Gasteiger charge is 2.17. The number of hydrogen-bond donors (Lipinski definition) is 1. The van der Waals surface area contributed by atoms with Crippen molar-refractivity contribution < 1.29 is 9.53 Å². The zero-order valence-corrected chi connectivity index (χ0v) is 14.6. The van der Waals surface area contributed by atoms with Crippen molar-refractivity contribution >= 4 is 23.9 Å². The highest BCUT2D eigenvalue weighted by Crippen LogP contribution is 2.21. The van der Waals surface area contributed by atoms with E-state index >= 15 is 0 Å². The molecule has 7 heteroatoms. The van der Waals surface area contributed by atoms with Crippen LogP contribution in [-0.2, 0) is 4.79 Å². The maximum Gasteiger partial charge on any atom is 0.229 e. The van der Waals surface area contributed by atoms with Gasteiger partial charge < -0.3 is 19.9 Å². The topological polar surface area (TPSA) is 70.6 Å². The maximum atomic E-state index is 10.8. The van der Waals surface area contributed by atoms with Crippen molar-refractivity contribution in [1.29, 1.82) is 0 Å². The van der Waals surface area contributed by atoms with Gasteiger partial charge in [-0.1, -0.05) is 0 Å². The number of hydrogen-bond acceptors (Lipinski definition) is 6. The number of nitrogens with zero attached hydrogens (tertiary/aromatic N) is 4. The molecule has 0 spiro atoms. The molecule has 0 unspecified atom stereocenters. The third-order valence-electron chi connectivity index (χ3n) is 4.05. The lowest BCUT2D eigenvalue weighted by molar-refractivity contribution is -0.118. The number of amides is 1. The molecule has 3 rings (SSSR count). The molecule has 1 aliphatic rings. The number of anilines is 3. The van der Waals surface area contributed by atoms with E-state index in [2.05, 4.69) is 20.2 Å². The summed E-state index contributed by atoms with van der Waals surface area (Å²) in [6, 6.07) is 9.70. The number of benzene rings is 1. The molecule has 2 aromatic rings. The number of ether oxygens (including phenoxy) is 1. The Bertz CT molecular complexity index is 712. The highest BCUT2D eigenvalue weighted by atomic mass is 16.5. The number of carbonyl (C=O) groups is 1. The van der Waals surface area contributed by atoms with Crippen LogP contribution in [0.15, 0.2) is 30.3 Å². The van der Waals surface area contributed by atoms with E-state index in [0.717, 1.165) is 42.4 Å². The number of piperazine rings is 1. The average molecular weight is 341 g/mol. The molecule has 2 heterocycles. The first kappa shape index (κ1) is 17.0. The molecule has 1 aromatic carbocycles. The van der Waals surface area contributed by atoms with Gasteiger partial charge in [-0.15, -0.1) is 0 Å². The summed E-state index contributed by atoms with van der Waals surface area (Å²) < 4.78 is 5.45. The molecule has 0 aliphatic carbocycles. The number of aromatic nitrogens is 2. The second kappa shape index (κ2) is 7.83. The quantitative estimate of drug-likeness (QED) is 0.812. The van der Waals surface area contributed by atoms with Crippen LogP contribution in [-0.4, -0.2) is 54.1 Å². The van der Waals surface area contributed by atoms with Gasteiger partial charge in [0, 0.05) is 43.6 Å². The summed E-state index contributed by atoms with van der Waals surface area (Å²) in [5.74, 6) is 2.29. The van der Waals surface area contributed by atoms with Gasteiger partial charge in [-0.3, -0.25) is 4.79 Å². The molecule has 1 saturated heterocycles. The van der Waals surface area contributed by atoms with Crippen LogP contribution in [0.1, 0.15) is 12.6 Å². The predicted octanol–water partition coefficient (Wildman–Crippen LogP) is 2.21. The number of carbonyl (C=O) groups excluding carboxylic acids is 1. The molecule has 0 saturated carbocycles. The first-order chi connectivity index (χ1) is 12.2. The predicted molar refractivity (Wildman–Crippen MR) is 97.5 cm³/mol. The van der Waals surface area contributed by atoms with Crippen LogP contribution in [0.25, 0.3) is 0 Å². The fourth-order valence-corrected chi connectivity index (χ4v) is 2.76. The van der Waals surface area contributed by atoms with Crippen LogP contribution >= 0.6 is 0 Å². The Balaban J connectivity index is 1.72. The standard InChI is InChI=1S/C18H23N5O2/c1-3-25-16-6-4-15(5-7-16)20-18-19-14(2)12-17(21-18)23-10-8-22(13-24)9-11-23/h4-7,12-13H,3,8-11H2,1-2H3,(H,19,20,21). The summed E-state index contributed by atoms with van der Waals surface area (Å²) in [6.07, 6.45) is 0.904. The SMILES string of the molecule is CCOc1ccc(Nc2nc(C)cc(N3CCN(C=O)CC3)n2)cc1. The Morgan fingerprint density at radius 1 is 1.16 bits per heavy atom. The van der Waals surface area contributed by atoms with E-state index in [9.17, 15) is 4.79 Å². The lowest BCUT2D eigenvalue weighted by atomic mass is 10.3. The zero-order chi connectivity index (χ0) is 17.6. The molecule has 0 radical (unpaired) electrons. The Kier molecular flexibility index (Phi) is 5.33. The van der Waals surface area contributed by atoms with Gasteiger partial charge in [0.15, 0.2) is 0 Å². The van der Waals surface area contributed by atoms with Crippen molar-refractivity contribution in [3.05, 3.63) is 36.0 Å². The third kappa shape index (κ3) is 4.37. The van der Waals surface area contributed by atoms with Crippen LogP contribution in [0.2, 0.25) is 0 Å². The average Bonchev–Trinajstić information content (AvgIpc) is 2.63. The largest absolute Gasteiger partial charge is 0.494 e. The second-order valence-corrected chi connectivity index (χ2v) is 5.90. The van der Waals surface area contributed by atoms with Crippen molar-refractivity contribution in [2.75, 3.05) is 43.0 Å². The van der Waals surface area contributed by atoms with Gasteiger partial charge in [-0.25, -0.2) is 4.98 Å². The molecule has 0 bridgehead atoms. The summed E-state index contributed by atoms with van der Waals surface area (Å²) in [5, 5.41) is 3.24. The minimum absolute atomic E-state index is 0.567. The zero-order valence-electron chi connectivity index (χ0n) is 14.6. The fraction of sp³-hybridized carbons (Fsp3) is 0.389. The van der Waals surface area contributed by atoms with Crippen LogP contribution in [0, 0.1) is 6.92 Å². The summed E-state index contributed by atoms with van der Waals surface area (Å²) in [4.78, 5) is 23.9. The molecular weight excluding hydrogens is 318 g/mol. The van der Waals surface area contributed by atoms with E-state index in [1.807, 2.05) is 44.2 Å². The van der Waals surface area contributed by atoms with Crippen LogP contribution in [0.3, 0.4) is 0 Å². The summed E-state index contributed by atoms with van der Waals surface area (Å²) >= 11 is 0. The van der Waals surface area contributed by atoms with Crippen LogP contribution in [0.5, 0.6) is 5.75 Å². The molecule has 1 amide bonds. The van der Waals surface area contributed by atoms with Gasteiger partial charge >= 0.3 is 0 Å². The van der Waals surface area contributed by atoms with Gasteiger partial charge in [-0.2, -0.15) is 4.98 Å². The van der Waals surface area contributed by atoms with Crippen molar-refractivity contribution in [3.63, 3.8) is 0 Å². The molecule has 7 nitrogen and oxygen atoms in total. The van der Waals surface area contributed by atoms with E-state index in [-0.39, 0.29) is 0 Å². The van der Waals surface area contributed by atoms with Crippen molar-refractivity contribution in [2.24, 2.45) is 0 Å². The van der Waals surface area contributed by atoms with Gasteiger partial charge in [0.2, 0.25) is 12.4 Å². The number of nitrogens with one attached hydrogen (secondary N) is 1. The van der Waals surface area contributed by atoms with Crippen molar-refractivity contribution in [3.8, 4) is 5.75 Å². The fourth-order valence-electron chi connectivity index (χ4n) is 2.76. The Hall–Kier alpha value is -2.83. The van der Waals surface area contributed by atoms with E-state index in [4.69, 9.17) is 4.74 Å². The minimum Gasteiger partial charge on any atom is -0.494 e. The second-order valence-electron chi connectivity index (χ2n) is 5.90. The molecule has 132 valence electrons. The first-order valence-electron chi connectivity index (χ1n) is 8.48. The molecule has 1 fully saturated rings. The Morgan fingerprint density at radius 3 is 2.52 bits per heavy atom. The summed E-state index contributed by atoms with van der Waals surface area (Å²) in [5.41, 5.74) is 1.81. The molecule has 0 atom stereocenters. The van der Waals surface area contributed by atoms with Gasteiger partial charge in [0.05, 0.1) is 6.61 Å². The maximum absolute atomic E-state index is 10.8. The van der Waals surface area contributed by atoms with E-state index in [0.29, 0.717) is 25.6 Å². The Labute approximate surface area is 147 Å². The molecule has 1 N–H and O–H groups in total. The number of rotatable bonds is 6. The van der Waals surface area contributed by atoms with Gasteiger partial charge in [0.1, 0.15) is 11.6 Å². The summed E-state index contributed by atoms with van der Waals surface area (Å²) in [7, 11) is 0. The molecule has 25 heavy (non-hydrogen) atoms. The van der Waals surface area contributed by atoms with Gasteiger partial charge in [0.25, 0.3) is 0 Å². The molecular formula is C18H23N5O2. The smallest absolute Gasteiger partial charge is 0.229 e. The van der Waals surface area contributed by atoms with Crippen molar-refractivity contribution in [1.82, 2.24) is 14.9 Å². The Morgan fingerprint density at radius 2 is 1.88 bits per heavy atom. The molecule has 1 aliphatic heterocycles. The lowest BCUT2D eigenvalue weighted by Crippen LogP contribution is -2.46. The van der Waals surface area contributed by atoms with E-state index < -0.39 is 0 Å². The van der Waals surface area contributed by atoms with Crippen LogP contribution < -0.4 is 15.0 Å². The lowest BCUT2D eigenvalue weighted by Gasteiger charge is -2.33. The van der Waals surface area contributed by atoms with Gasteiger partial charge in [-0.05, 0) is 38.1 Å². The first-order valence-corrected chi connectivity index (χ1v) is 8.48. The monoisotopic (exact) mass is 341 g/mol. The van der Waals surface area contributed by atoms with E-state index in [1.165, 1.54) is 0 Å². The van der Waals surface area contributed by atoms with Crippen LogP contribution in [0.4, 0.5) is 17.5 Å². The van der Waals surface area contributed by atoms with E-state index in [1.54, 1.807) is 4.90 Å².